The van der Waals surface area contributed by atoms with Crippen LogP contribution in [0.5, 0.6) is 0 Å². The van der Waals surface area contributed by atoms with Crippen LogP contribution in [0.4, 0.5) is 0 Å². The number of hydrogen-bond donors (Lipinski definition) is 0. The summed E-state index contributed by atoms with van der Waals surface area (Å²) in [6.07, 6.45) is 3.97. The van der Waals surface area contributed by atoms with Crippen molar-refractivity contribution in [1.82, 2.24) is 9.88 Å². The van der Waals surface area contributed by atoms with Crippen molar-refractivity contribution in [3.05, 3.63) is 29.6 Å². The van der Waals surface area contributed by atoms with Gasteiger partial charge in [0.1, 0.15) is 5.78 Å². The number of Topliss-reactive ketones (excluding diaryl/α,β-unsaturated/α-hetero) is 1. The summed E-state index contributed by atoms with van der Waals surface area (Å²) in [5, 5.41) is 0. The van der Waals surface area contributed by atoms with E-state index >= 15 is 0 Å². The molecule has 96 valence electrons. The summed E-state index contributed by atoms with van der Waals surface area (Å²) in [6, 6.07) is 3.70. The van der Waals surface area contributed by atoms with Gasteiger partial charge in [0.2, 0.25) is 0 Å². The number of pyridine rings is 1. The van der Waals surface area contributed by atoms with Crippen LogP contribution in [0.15, 0.2) is 18.3 Å². The number of amides is 1. The van der Waals surface area contributed by atoms with Crippen molar-refractivity contribution in [3.63, 3.8) is 0 Å². The lowest BCUT2D eigenvalue weighted by Gasteiger charge is -2.23. The van der Waals surface area contributed by atoms with Crippen LogP contribution in [0, 0.1) is 6.92 Å². The monoisotopic (exact) mass is 246 g/mol. The Morgan fingerprint density at radius 1 is 1.44 bits per heavy atom. The Bertz CT molecular complexity index is 453. The topological polar surface area (TPSA) is 50.3 Å². The molecule has 1 saturated heterocycles. The highest BCUT2D eigenvalue weighted by Gasteiger charge is 2.30. The summed E-state index contributed by atoms with van der Waals surface area (Å²) < 4.78 is 0. The van der Waals surface area contributed by atoms with E-state index in [1.807, 2.05) is 17.9 Å². The van der Waals surface area contributed by atoms with Crippen molar-refractivity contribution < 1.29 is 9.59 Å². The molecule has 2 heterocycles. The smallest absolute Gasteiger partial charge is 0.255 e. The van der Waals surface area contributed by atoms with E-state index in [9.17, 15) is 9.59 Å². The van der Waals surface area contributed by atoms with Gasteiger partial charge in [-0.15, -0.1) is 0 Å². The molecule has 1 aromatic heterocycles. The number of carbonyl (C=O) groups excluding carboxylic acids is 2. The Hall–Kier alpha value is -1.71. The first-order valence-corrected chi connectivity index (χ1v) is 6.31. The molecule has 18 heavy (non-hydrogen) atoms. The van der Waals surface area contributed by atoms with Crippen LogP contribution in [-0.4, -0.2) is 34.2 Å². The molecule has 1 unspecified atom stereocenters. The highest BCUT2D eigenvalue weighted by molar-refractivity contribution is 5.94. The maximum absolute atomic E-state index is 12.3. The molecule has 0 bridgehead atoms. The lowest BCUT2D eigenvalue weighted by molar-refractivity contribution is -0.117. The lowest BCUT2D eigenvalue weighted by Crippen LogP contribution is -2.36. The van der Waals surface area contributed by atoms with E-state index in [0.29, 0.717) is 12.0 Å². The Kier molecular flexibility index (Phi) is 3.75. The van der Waals surface area contributed by atoms with Gasteiger partial charge in [0.15, 0.2) is 0 Å². The van der Waals surface area contributed by atoms with E-state index in [1.54, 1.807) is 19.2 Å². The van der Waals surface area contributed by atoms with Crippen LogP contribution < -0.4 is 0 Å². The highest BCUT2D eigenvalue weighted by atomic mass is 16.2. The molecule has 0 aliphatic carbocycles. The maximum atomic E-state index is 12.3. The van der Waals surface area contributed by atoms with Gasteiger partial charge in [-0.1, -0.05) is 0 Å². The van der Waals surface area contributed by atoms with E-state index in [4.69, 9.17) is 0 Å². The maximum Gasteiger partial charge on any atom is 0.255 e. The molecular formula is C14H18N2O2. The largest absolute Gasteiger partial charge is 0.335 e. The number of carbonyl (C=O) groups is 2. The Morgan fingerprint density at radius 2 is 2.22 bits per heavy atom. The van der Waals surface area contributed by atoms with Crippen molar-refractivity contribution in [2.45, 2.75) is 39.2 Å². The Balaban J connectivity index is 2.12. The second-order valence-corrected chi connectivity index (χ2v) is 4.89. The van der Waals surface area contributed by atoms with Gasteiger partial charge < -0.3 is 4.90 Å². The summed E-state index contributed by atoms with van der Waals surface area (Å²) in [7, 11) is 0. The minimum Gasteiger partial charge on any atom is -0.335 e. The molecule has 0 aromatic carbocycles. The molecule has 1 aromatic rings. The third-order valence-corrected chi connectivity index (χ3v) is 3.32. The molecule has 2 rings (SSSR count). The zero-order valence-corrected chi connectivity index (χ0v) is 10.8. The van der Waals surface area contributed by atoms with Crippen LogP contribution in [-0.2, 0) is 4.79 Å². The SMILES string of the molecule is CC(=O)CC1CCCN1C(=O)c1ccc(C)nc1. The number of likely N-dealkylation sites (tertiary alicyclic amines) is 1. The first-order chi connectivity index (χ1) is 8.58. The van der Waals surface area contributed by atoms with Crippen LogP contribution >= 0.6 is 0 Å². The van der Waals surface area contributed by atoms with E-state index in [-0.39, 0.29) is 17.7 Å². The van der Waals surface area contributed by atoms with Crippen molar-refractivity contribution in [2.24, 2.45) is 0 Å². The number of hydrogen-bond acceptors (Lipinski definition) is 3. The third-order valence-electron chi connectivity index (χ3n) is 3.32. The molecule has 1 aliphatic heterocycles. The fourth-order valence-electron chi connectivity index (χ4n) is 2.41. The Labute approximate surface area is 107 Å². The van der Waals surface area contributed by atoms with E-state index in [0.717, 1.165) is 25.1 Å². The fourth-order valence-corrected chi connectivity index (χ4v) is 2.41. The van der Waals surface area contributed by atoms with Gasteiger partial charge in [0.05, 0.1) is 5.56 Å². The van der Waals surface area contributed by atoms with Crippen molar-refractivity contribution >= 4 is 11.7 Å². The number of ketones is 1. The molecule has 0 radical (unpaired) electrons. The number of aryl methyl sites for hydroxylation is 1. The van der Waals surface area contributed by atoms with Gasteiger partial charge in [-0.2, -0.15) is 0 Å². The van der Waals surface area contributed by atoms with Gasteiger partial charge in [-0.25, -0.2) is 0 Å². The van der Waals surface area contributed by atoms with Gasteiger partial charge in [0.25, 0.3) is 5.91 Å². The van der Waals surface area contributed by atoms with Crippen molar-refractivity contribution in [3.8, 4) is 0 Å². The third kappa shape index (κ3) is 2.75. The van der Waals surface area contributed by atoms with Crippen LogP contribution in [0.25, 0.3) is 0 Å². The van der Waals surface area contributed by atoms with Crippen LogP contribution in [0.1, 0.15) is 42.2 Å². The lowest BCUT2D eigenvalue weighted by atomic mass is 10.1. The van der Waals surface area contributed by atoms with Gasteiger partial charge in [-0.3, -0.25) is 14.6 Å². The minimum absolute atomic E-state index is 0.00810. The van der Waals surface area contributed by atoms with E-state index < -0.39 is 0 Å². The highest BCUT2D eigenvalue weighted by Crippen LogP contribution is 2.22. The quantitative estimate of drug-likeness (QED) is 0.819. The number of rotatable bonds is 3. The Morgan fingerprint density at radius 3 is 2.83 bits per heavy atom. The van der Waals surface area contributed by atoms with Crippen molar-refractivity contribution in [1.29, 1.82) is 0 Å². The molecule has 0 N–H and O–H groups in total. The summed E-state index contributed by atoms with van der Waals surface area (Å²) >= 11 is 0. The zero-order chi connectivity index (χ0) is 13.1. The standard InChI is InChI=1S/C14H18N2O2/c1-10-5-6-12(9-15-10)14(18)16-7-3-4-13(16)8-11(2)17/h5-6,9,13H,3-4,7-8H2,1-2H3. The summed E-state index contributed by atoms with van der Waals surface area (Å²) in [5.41, 5.74) is 1.50. The summed E-state index contributed by atoms with van der Waals surface area (Å²) in [6.45, 7) is 4.21. The predicted octanol–water partition coefficient (Wildman–Crippen LogP) is 1.97. The average molecular weight is 246 g/mol. The molecule has 0 saturated carbocycles. The first kappa shape index (κ1) is 12.7. The zero-order valence-electron chi connectivity index (χ0n) is 10.8. The first-order valence-electron chi connectivity index (χ1n) is 6.31. The molecule has 0 spiro atoms. The van der Waals surface area contributed by atoms with Gasteiger partial charge in [0, 0.05) is 30.9 Å². The van der Waals surface area contributed by atoms with Gasteiger partial charge in [-0.05, 0) is 38.8 Å². The predicted molar refractivity (Wildman–Crippen MR) is 68.3 cm³/mol. The van der Waals surface area contributed by atoms with Gasteiger partial charge >= 0.3 is 0 Å². The second-order valence-electron chi connectivity index (χ2n) is 4.89. The minimum atomic E-state index is -0.00810. The normalized spacial score (nSPS) is 19.0. The molecule has 4 heteroatoms. The average Bonchev–Trinajstić information content (AvgIpc) is 2.76. The number of aromatic nitrogens is 1. The molecule has 1 aliphatic rings. The summed E-state index contributed by atoms with van der Waals surface area (Å²) in [5.74, 6) is 0.132. The van der Waals surface area contributed by atoms with E-state index in [1.165, 1.54) is 0 Å². The second kappa shape index (κ2) is 5.29. The van der Waals surface area contributed by atoms with Crippen LogP contribution in [0.3, 0.4) is 0 Å². The summed E-state index contributed by atoms with van der Waals surface area (Å²) in [4.78, 5) is 29.5. The van der Waals surface area contributed by atoms with Crippen LogP contribution in [0.2, 0.25) is 0 Å². The molecular weight excluding hydrogens is 228 g/mol. The van der Waals surface area contributed by atoms with Crippen molar-refractivity contribution in [2.75, 3.05) is 6.54 Å². The molecule has 4 nitrogen and oxygen atoms in total. The molecule has 1 amide bonds. The molecule has 1 fully saturated rings. The molecule has 1 atom stereocenters. The number of nitrogens with zero attached hydrogens (tertiary/aromatic N) is 2. The fraction of sp³-hybridized carbons (Fsp3) is 0.500. The van der Waals surface area contributed by atoms with E-state index in [2.05, 4.69) is 4.98 Å².